The van der Waals surface area contributed by atoms with E-state index in [0.717, 1.165) is 6.07 Å². The van der Waals surface area contributed by atoms with Gasteiger partial charge in [-0.05, 0) is 13.8 Å². The summed E-state index contributed by atoms with van der Waals surface area (Å²) in [4.78, 5) is 33.3. The minimum absolute atomic E-state index is 0.150. The topological polar surface area (TPSA) is 128 Å². The highest BCUT2D eigenvalue weighted by atomic mass is 16.6. The van der Waals surface area contributed by atoms with E-state index < -0.39 is 28.5 Å². The lowest BCUT2D eigenvalue weighted by Crippen LogP contribution is -2.34. The molecule has 0 saturated heterocycles. The minimum Gasteiger partial charge on any atom is -0.493 e. The largest absolute Gasteiger partial charge is 0.493 e. The Bertz CT molecular complexity index is 615. The van der Waals surface area contributed by atoms with E-state index in [4.69, 9.17) is 14.6 Å². The van der Waals surface area contributed by atoms with Crippen LogP contribution in [0.2, 0.25) is 0 Å². The highest BCUT2D eigenvalue weighted by Crippen LogP contribution is 2.34. The lowest BCUT2D eigenvalue weighted by Gasteiger charge is -2.14. The Hall–Kier alpha value is -2.84. The molecule has 1 unspecified atom stereocenters. The van der Waals surface area contributed by atoms with Crippen LogP contribution in [0.3, 0.4) is 0 Å². The number of benzene rings is 1. The van der Waals surface area contributed by atoms with Crippen molar-refractivity contribution in [2.24, 2.45) is 0 Å². The first-order valence-electron chi connectivity index (χ1n) is 6.82. The number of nitrogens with zero attached hydrogens (tertiary/aromatic N) is 1. The molecule has 1 rings (SSSR count). The Morgan fingerprint density at radius 1 is 1.39 bits per heavy atom. The number of ether oxygens (including phenoxy) is 2. The summed E-state index contributed by atoms with van der Waals surface area (Å²) < 4.78 is 10.3. The summed E-state index contributed by atoms with van der Waals surface area (Å²) in [6.07, 6.45) is -0.298. The van der Waals surface area contributed by atoms with Crippen LogP contribution in [0.1, 0.15) is 30.6 Å². The number of nitrogens with one attached hydrogen (secondary N) is 1. The van der Waals surface area contributed by atoms with Gasteiger partial charge in [0.25, 0.3) is 11.6 Å². The van der Waals surface area contributed by atoms with Gasteiger partial charge < -0.3 is 19.9 Å². The number of aliphatic carboxylic acids is 1. The van der Waals surface area contributed by atoms with Gasteiger partial charge in [-0.15, -0.1) is 0 Å². The lowest BCUT2D eigenvalue weighted by atomic mass is 10.1. The molecule has 126 valence electrons. The fourth-order valence-corrected chi connectivity index (χ4v) is 1.92. The van der Waals surface area contributed by atoms with Crippen molar-refractivity contribution < 1.29 is 29.1 Å². The van der Waals surface area contributed by atoms with E-state index >= 15 is 0 Å². The number of rotatable bonds is 8. The maximum absolute atomic E-state index is 12.2. The van der Waals surface area contributed by atoms with Gasteiger partial charge in [0, 0.05) is 12.1 Å². The molecule has 0 saturated carbocycles. The van der Waals surface area contributed by atoms with Crippen LogP contribution in [0, 0.1) is 10.1 Å². The maximum Gasteiger partial charge on any atom is 0.305 e. The van der Waals surface area contributed by atoms with E-state index in [-0.39, 0.29) is 30.1 Å². The number of hydrogen-bond acceptors (Lipinski definition) is 6. The first-order valence-corrected chi connectivity index (χ1v) is 6.82. The monoisotopic (exact) mass is 326 g/mol. The van der Waals surface area contributed by atoms with E-state index in [9.17, 15) is 19.7 Å². The van der Waals surface area contributed by atoms with E-state index in [2.05, 4.69) is 5.32 Å². The molecule has 0 aliphatic heterocycles. The Morgan fingerprint density at radius 2 is 2.04 bits per heavy atom. The van der Waals surface area contributed by atoms with Crippen LogP contribution in [0.15, 0.2) is 12.1 Å². The third-order valence-corrected chi connectivity index (χ3v) is 2.88. The van der Waals surface area contributed by atoms with Crippen molar-refractivity contribution in [2.45, 2.75) is 26.3 Å². The van der Waals surface area contributed by atoms with Crippen molar-refractivity contribution in [3.8, 4) is 11.5 Å². The number of carboxylic acids is 1. The van der Waals surface area contributed by atoms with E-state index in [1.54, 1.807) is 6.92 Å². The lowest BCUT2D eigenvalue weighted by molar-refractivity contribution is -0.385. The maximum atomic E-state index is 12.2. The molecule has 1 aromatic carbocycles. The molecule has 23 heavy (non-hydrogen) atoms. The van der Waals surface area contributed by atoms with Gasteiger partial charge in [-0.3, -0.25) is 19.7 Å². The Balaban J connectivity index is 3.19. The third-order valence-electron chi connectivity index (χ3n) is 2.88. The van der Waals surface area contributed by atoms with E-state index in [0.29, 0.717) is 0 Å². The van der Waals surface area contributed by atoms with Gasteiger partial charge in [-0.25, -0.2) is 0 Å². The fraction of sp³-hybridized carbons (Fsp3) is 0.429. The minimum atomic E-state index is -1.09. The van der Waals surface area contributed by atoms with Crippen molar-refractivity contribution in [3.05, 3.63) is 27.8 Å². The first kappa shape index (κ1) is 18.2. The molecule has 0 fully saturated rings. The molecule has 0 aromatic heterocycles. The molecule has 0 aliphatic carbocycles. The summed E-state index contributed by atoms with van der Waals surface area (Å²) >= 11 is 0. The van der Waals surface area contributed by atoms with Crippen molar-refractivity contribution in [2.75, 3.05) is 13.7 Å². The summed E-state index contributed by atoms with van der Waals surface area (Å²) in [5.74, 6) is -1.52. The molecule has 0 radical (unpaired) electrons. The molecule has 2 N–H and O–H groups in total. The zero-order valence-electron chi connectivity index (χ0n) is 13.0. The highest BCUT2D eigenvalue weighted by Gasteiger charge is 2.25. The zero-order chi connectivity index (χ0) is 17.6. The Kier molecular flexibility index (Phi) is 6.31. The van der Waals surface area contributed by atoms with Crippen LogP contribution < -0.4 is 14.8 Å². The van der Waals surface area contributed by atoms with Gasteiger partial charge in [0.05, 0.1) is 31.1 Å². The predicted molar refractivity (Wildman–Crippen MR) is 80.0 cm³/mol. The molecule has 1 amide bonds. The van der Waals surface area contributed by atoms with Gasteiger partial charge in [0.2, 0.25) is 0 Å². The molecule has 0 heterocycles. The van der Waals surface area contributed by atoms with Crippen molar-refractivity contribution >= 4 is 17.6 Å². The summed E-state index contributed by atoms with van der Waals surface area (Å²) in [5.41, 5.74) is -0.679. The van der Waals surface area contributed by atoms with Crippen molar-refractivity contribution in [1.29, 1.82) is 0 Å². The SMILES string of the molecule is CCOc1cc([N+](=O)[O-])c(C(=O)NC(C)CC(=O)O)cc1OC. The number of carboxylic acid groups (broad SMARTS) is 1. The van der Waals surface area contributed by atoms with Crippen molar-refractivity contribution in [3.63, 3.8) is 0 Å². The number of carbonyl (C=O) groups is 2. The molecular formula is C14H18N2O7. The van der Waals surface area contributed by atoms with Crippen molar-refractivity contribution in [1.82, 2.24) is 5.32 Å². The molecule has 0 bridgehead atoms. The molecule has 0 aliphatic rings. The van der Waals surface area contributed by atoms with Gasteiger partial charge in [-0.1, -0.05) is 0 Å². The summed E-state index contributed by atoms with van der Waals surface area (Å²) in [5, 5.41) is 22.3. The van der Waals surface area contributed by atoms with Gasteiger partial charge in [-0.2, -0.15) is 0 Å². The summed E-state index contributed by atoms with van der Waals surface area (Å²) in [6, 6.07) is 1.63. The Labute approximate surface area is 132 Å². The molecule has 9 heteroatoms. The predicted octanol–water partition coefficient (Wildman–Crippen LogP) is 1.60. The average molecular weight is 326 g/mol. The number of nitro benzene ring substituents is 1. The number of hydrogen-bond donors (Lipinski definition) is 2. The smallest absolute Gasteiger partial charge is 0.305 e. The van der Waals surface area contributed by atoms with Crippen LogP contribution >= 0.6 is 0 Å². The van der Waals surface area contributed by atoms with Crippen LogP contribution in [0.4, 0.5) is 5.69 Å². The Morgan fingerprint density at radius 3 is 2.52 bits per heavy atom. The average Bonchev–Trinajstić information content (AvgIpc) is 2.45. The second-order valence-electron chi connectivity index (χ2n) is 4.68. The first-order chi connectivity index (χ1) is 10.8. The fourth-order valence-electron chi connectivity index (χ4n) is 1.92. The van der Waals surface area contributed by atoms with Crippen LogP contribution in [0.5, 0.6) is 11.5 Å². The molecular weight excluding hydrogens is 308 g/mol. The number of methoxy groups -OCH3 is 1. The second kappa shape index (κ2) is 7.97. The van der Waals surface area contributed by atoms with Gasteiger partial charge >= 0.3 is 5.97 Å². The normalized spacial score (nSPS) is 11.4. The highest BCUT2D eigenvalue weighted by molar-refractivity contribution is 5.99. The van der Waals surface area contributed by atoms with E-state index in [1.807, 2.05) is 0 Å². The zero-order valence-corrected chi connectivity index (χ0v) is 13.0. The number of carbonyl (C=O) groups excluding carboxylic acids is 1. The number of amides is 1. The molecule has 1 aromatic rings. The summed E-state index contributed by atoms with van der Waals surface area (Å²) in [7, 11) is 1.35. The summed E-state index contributed by atoms with van der Waals surface area (Å²) in [6.45, 7) is 3.47. The standard InChI is InChI=1S/C14H18N2O7/c1-4-23-12-7-10(16(20)21)9(6-11(12)22-3)14(19)15-8(2)5-13(17)18/h6-8H,4-5H2,1-3H3,(H,15,19)(H,17,18). The number of nitro groups is 1. The second-order valence-corrected chi connectivity index (χ2v) is 4.68. The van der Waals surface area contributed by atoms with Gasteiger partial charge in [0.15, 0.2) is 11.5 Å². The third kappa shape index (κ3) is 4.83. The van der Waals surface area contributed by atoms with Crippen LogP contribution in [0.25, 0.3) is 0 Å². The molecule has 0 spiro atoms. The quantitative estimate of drug-likeness (QED) is 0.548. The van der Waals surface area contributed by atoms with Crippen LogP contribution in [-0.2, 0) is 4.79 Å². The van der Waals surface area contributed by atoms with Crippen LogP contribution in [-0.4, -0.2) is 41.7 Å². The van der Waals surface area contributed by atoms with E-state index in [1.165, 1.54) is 20.1 Å². The van der Waals surface area contributed by atoms with Gasteiger partial charge in [0.1, 0.15) is 5.56 Å². The molecule has 1 atom stereocenters. The molecule has 9 nitrogen and oxygen atoms in total.